The third kappa shape index (κ3) is 3.59. The van der Waals surface area contributed by atoms with Crippen LogP contribution in [0.25, 0.3) is 0 Å². The zero-order valence-electron chi connectivity index (χ0n) is 13.2. The van der Waals surface area contributed by atoms with Crippen LogP contribution in [0.15, 0.2) is 0 Å². The van der Waals surface area contributed by atoms with Crippen molar-refractivity contribution in [3.05, 3.63) is 0 Å². The summed E-state index contributed by atoms with van der Waals surface area (Å²) in [4.78, 5) is 13.1. The highest BCUT2D eigenvalue weighted by atomic mass is 16.5. The van der Waals surface area contributed by atoms with E-state index in [2.05, 4.69) is 4.90 Å². The van der Waals surface area contributed by atoms with Crippen LogP contribution in [0.3, 0.4) is 0 Å². The summed E-state index contributed by atoms with van der Waals surface area (Å²) in [5, 5.41) is 9.06. The maximum absolute atomic E-state index is 11.0. The number of carboxylic acids is 1. The Morgan fingerprint density at radius 3 is 2.19 bits per heavy atom. The first kappa shape index (κ1) is 15.3. The minimum Gasteiger partial charge on any atom is -0.480 e. The van der Waals surface area contributed by atoms with Crippen LogP contribution in [-0.2, 0) is 9.53 Å². The Labute approximate surface area is 127 Å². The molecule has 0 aromatic rings. The summed E-state index contributed by atoms with van der Waals surface area (Å²) < 4.78 is 5.11. The molecule has 0 radical (unpaired) electrons. The molecule has 0 spiro atoms. The van der Waals surface area contributed by atoms with Crippen LogP contribution in [0, 0.1) is 23.2 Å². The van der Waals surface area contributed by atoms with Crippen molar-refractivity contribution in [3.8, 4) is 0 Å². The molecule has 0 saturated heterocycles. The van der Waals surface area contributed by atoms with Gasteiger partial charge >= 0.3 is 5.97 Å². The lowest BCUT2D eigenvalue weighted by Crippen LogP contribution is -2.47. The largest absolute Gasteiger partial charge is 0.480 e. The van der Waals surface area contributed by atoms with Crippen molar-refractivity contribution in [1.82, 2.24) is 4.90 Å². The molecule has 4 saturated carbocycles. The van der Waals surface area contributed by atoms with Crippen LogP contribution in [-0.4, -0.2) is 49.3 Å². The number of hydrogen-bond donors (Lipinski definition) is 1. The second-order valence-corrected chi connectivity index (χ2v) is 7.83. The topological polar surface area (TPSA) is 49.8 Å². The molecule has 4 aliphatic rings. The lowest BCUT2D eigenvalue weighted by molar-refractivity contribution is -0.138. The Bertz CT molecular complexity index is 347. The zero-order valence-corrected chi connectivity index (χ0v) is 13.2. The Morgan fingerprint density at radius 2 is 1.71 bits per heavy atom. The molecule has 4 heteroatoms. The molecule has 0 amide bonds. The molecule has 4 nitrogen and oxygen atoms in total. The normalized spacial score (nSPS) is 37.3. The molecular formula is C17H29NO3. The van der Waals surface area contributed by atoms with Crippen molar-refractivity contribution in [2.24, 2.45) is 23.2 Å². The Kier molecular flexibility index (Phi) is 4.55. The van der Waals surface area contributed by atoms with Gasteiger partial charge in [0.1, 0.15) is 0 Å². The fourth-order valence-electron chi connectivity index (χ4n) is 5.67. The fraction of sp³-hybridized carbons (Fsp3) is 0.941. The van der Waals surface area contributed by atoms with E-state index in [-0.39, 0.29) is 6.54 Å². The summed E-state index contributed by atoms with van der Waals surface area (Å²) in [6.45, 7) is 2.42. The van der Waals surface area contributed by atoms with Gasteiger partial charge in [-0.1, -0.05) is 0 Å². The zero-order chi connectivity index (χ0) is 14.9. The van der Waals surface area contributed by atoms with Gasteiger partial charge in [0.05, 0.1) is 13.2 Å². The summed E-state index contributed by atoms with van der Waals surface area (Å²) in [7, 11) is 1.68. The molecule has 4 aliphatic carbocycles. The smallest absolute Gasteiger partial charge is 0.317 e. The highest BCUT2D eigenvalue weighted by Gasteiger charge is 2.50. The van der Waals surface area contributed by atoms with Crippen molar-refractivity contribution in [1.29, 1.82) is 0 Å². The second kappa shape index (κ2) is 6.25. The van der Waals surface area contributed by atoms with Gasteiger partial charge in [-0.25, -0.2) is 0 Å². The Hall–Kier alpha value is -0.610. The molecule has 0 heterocycles. The molecule has 0 aromatic carbocycles. The first-order chi connectivity index (χ1) is 10.1. The summed E-state index contributed by atoms with van der Waals surface area (Å²) >= 11 is 0. The van der Waals surface area contributed by atoms with Gasteiger partial charge in [-0.05, 0) is 74.7 Å². The highest BCUT2D eigenvalue weighted by molar-refractivity contribution is 5.69. The first-order valence-corrected chi connectivity index (χ1v) is 8.52. The average Bonchev–Trinajstić information content (AvgIpc) is 2.40. The maximum atomic E-state index is 11.0. The molecule has 0 unspecified atom stereocenters. The summed E-state index contributed by atoms with van der Waals surface area (Å²) in [6, 6.07) is 0. The molecule has 120 valence electrons. The van der Waals surface area contributed by atoms with E-state index in [1.54, 1.807) is 7.11 Å². The van der Waals surface area contributed by atoms with Crippen LogP contribution in [0.5, 0.6) is 0 Å². The summed E-state index contributed by atoms with van der Waals surface area (Å²) in [6.07, 6.45) is 9.83. The predicted molar refractivity (Wildman–Crippen MR) is 81.2 cm³/mol. The monoisotopic (exact) mass is 295 g/mol. The van der Waals surface area contributed by atoms with Crippen molar-refractivity contribution in [3.63, 3.8) is 0 Å². The molecule has 4 bridgehead atoms. The van der Waals surface area contributed by atoms with E-state index in [9.17, 15) is 4.79 Å². The number of methoxy groups -OCH3 is 1. The molecule has 4 rings (SSSR count). The lowest BCUT2D eigenvalue weighted by Gasteiger charge is -2.57. The van der Waals surface area contributed by atoms with Crippen LogP contribution in [0.1, 0.15) is 44.9 Å². The van der Waals surface area contributed by atoms with Gasteiger partial charge < -0.3 is 9.84 Å². The lowest BCUT2D eigenvalue weighted by atomic mass is 9.49. The minimum atomic E-state index is -0.725. The van der Waals surface area contributed by atoms with Gasteiger partial charge in [0.2, 0.25) is 0 Å². The van der Waals surface area contributed by atoms with Gasteiger partial charge in [-0.15, -0.1) is 0 Å². The van der Waals surface area contributed by atoms with Crippen LogP contribution in [0.4, 0.5) is 0 Å². The first-order valence-electron chi connectivity index (χ1n) is 8.52. The van der Waals surface area contributed by atoms with Crippen LogP contribution >= 0.6 is 0 Å². The van der Waals surface area contributed by atoms with E-state index in [0.29, 0.717) is 12.0 Å². The van der Waals surface area contributed by atoms with E-state index in [1.807, 2.05) is 0 Å². The third-order valence-electron chi connectivity index (χ3n) is 6.09. The standard InChI is InChI=1S/C17H29NO3/c1-21-5-4-18(12-16(19)20)3-2-17-9-13-6-14(10-17)8-15(7-13)11-17/h13-15H,2-12H2,1H3,(H,19,20). The molecule has 0 atom stereocenters. The SMILES string of the molecule is COCCN(CCC12CC3CC(CC(C3)C1)C2)CC(=O)O. The number of rotatable bonds is 8. The highest BCUT2D eigenvalue weighted by Crippen LogP contribution is 2.61. The van der Waals surface area contributed by atoms with Crippen molar-refractivity contribution in [2.45, 2.75) is 44.9 Å². The second-order valence-electron chi connectivity index (χ2n) is 7.83. The van der Waals surface area contributed by atoms with E-state index in [4.69, 9.17) is 9.84 Å². The van der Waals surface area contributed by atoms with Crippen LogP contribution in [0.2, 0.25) is 0 Å². The number of aliphatic carboxylic acids is 1. The van der Waals surface area contributed by atoms with E-state index in [1.165, 1.54) is 44.9 Å². The van der Waals surface area contributed by atoms with Crippen molar-refractivity contribution in [2.75, 3.05) is 33.4 Å². The summed E-state index contributed by atoms with van der Waals surface area (Å²) in [5.41, 5.74) is 0.540. The number of ether oxygens (including phenoxy) is 1. The molecule has 0 aromatic heterocycles. The van der Waals surface area contributed by atoms with E-state index < -0.39 is 5.97 Å². The van der Waals surface area contributed by atoms with Gasteiger partial charge in [-0.3, -0.25) is 9.69 Å². The molecule has 0 aliphatic heterocycles. The molecule has 21 heavy (non-hydrogen) atoms. The Balaban J connectivity index is 1.56. The van der Waals surface area contributed by atoms with Gasteiger partial charge in [0.25, 0.3) is 0 Å². The fourth-order valence-corrected chi connectivity index (χ4v) is 5.67. The van der Waals surface area contributed by atoms with Crippen molar-refractivity contribution >= 4 is 5.97 Å². The van der Waals surface area contributed by atoms with E-state index >= 15 is 0 Å². The minimum absolute atomic E-state index is 0.149. The van der Waals surface area contributed by atoms with E-state index in [0.717, 1.165) is 30.8 Å². The van der Waals surface area contributed by atoms with Gasteiger partial charge in [0, 0.05) is 13.7 Å². The molecular weight excluding hydrogens is 266 g/mol. The van der Waals surface area contributed by atoms with Crippen molar-refractivity contribution < 1.29 is 14.6 Å². The number of carboxylic acid groups (broad SMARTS) is 1. The predicted octanol–water partition coefficient (Wildman–Crippen LogP) is 2.63. The van der Waals surface area contributed by atoms with Crippen LogP contribution < -0.4 is 0 Å². The van der Waals surface area contributed by atoms with Gasteiger partial charge in [-0.2, -0.15) is 0 Å². The number of carbonyl (C=O) groups is 1. The number of nitrogens with zero attached hydrogens (tertiary/aromatic N) is 1. The average molecular weight is 295 g/mol. The number of hydrogen-bond acceptors (Lipinski definition) is 3. The summed E-state index contributed by atoms with van der Waals surface area (Å²) in [5.74, 6) is 2.20. The van der Waals surface area contributed by atoms with Gasteiger partial charge in [0.15, 0.2) is 0 Å². The quantitative estimate of drug-likeness (QED) is 0.748. The Morgan fingerprint density at radius 1 is 1.14 bits per heavy atom. The maximum Gasteiger partial charge on any atom is 0.317 e. The molecule has 1 N–H and O–H groups in total. The molecule has 4 fully saturated rings. The third-order valence-corrected chi connectivity index (χ3v) is 6.09.